The van der Waals surface area contributed by atoms with Crippen LogP contribution in [-0.4, -0.2) is 13.2 Å². The maximum absolute atomic E-state index is 11.7. The lowest BCUT2D eigenvalue weighted by Gasteiger charge is -2.33. The first-order valence-corrected chi connectivity index (χ1v) is 13.5. The number of hydrogen-bond donors (Lipinski definition) is 0. The van der Waals surface area contributed by atoms with E-state index in [2.05, 4.69) is 0 Å². The first-order valence-electron chi connectivity index (χ1n) is 10.5. The number of benzene rings is 4. The fourth-order valence-electron chi connectivity index (χ4n) is 3.96. The van der Waals surface area contributed by atoms with Crippen molar-refractivity contribution in [1.29, 1.82) is 0 Å². The van der Waals surface area contributed by atoms with E-state index in [1.165, 1.54) is 0 Å². The van der Waals surface area contributed by atoms with E-state index < -0.39 is 8.32 Å². The molecule has 0 saturated carbocycles. The summed E-state index contributed by atoms with van der Waals surface area (Å²) >= 11 is 18.6. The summed E-state index contributed by atoms with van der Waals surface area (Å²) in [5.74, 6) is 0. The normalized spacial score (nSPS) is 11.4. The maximum atomic E-state index is 11.7. The van der Waals surface area contributed by atoms with Crippen molar-refractivity contribution in [2.45, 2.75) is 13.5 Å². The number of rotatable bonds is 7. The molecule has 172 valence electrons. The molecule has 8 heteroatoms. The molecule has 0 heterocycles. The van der Waals surface area contributed by atoms with Crippen molar-refractivity contribution in [2.24, 2.45) is 0 Å². The molecular formula is C26H20Cl3NO3Si. The van der Waals surface area contributed by atoms with E-state index in [-0.39, 0.29) is 17.2 Å². The number of hydrogen-bond acceptors (Lipinski definition) is 3. The van der Waals surface area contributed by atoms with E-state index in [0.29, 0.717) is 20.6 Å². The van der Waals surface area contributed by atoms with Crippen molar-refractivity contribution in [2.75, 3.05) is 0 Å². The molecule has 4 nitrogen and oxygen atoms in total. The summed E-state index contributed by atoms with van der Waals surface area (Å²) in [6.07, 6.45) is 0. The maximum Gasteiger partial charge on any atom is 0.288 e. The second-order valence-corrected chi connectivity index (χ2v) is 12.6. The zero-order valence-corrected chi connectivity index (χ0v) is 21.4. The number of nitro benzene ring substituents is 1. The molecule has 0 aromatic heterocycles. The molecule has 0 unspecified atom stereocenters. The zero-order chi connectivity index (χ0) is 24.3. The fourth-order valence-corrected chi connectivity index (χ4v) is 8.11. The van der Waals surface area contributed by atoms with Gasteiger partial charge in [0.2, 0.25) is 0 Å². The van der Waals surface area contributed by atoms with Gasteiger partial charge in [0, 0.05) is 21.1 Å². The highest BCUT2D eigenvalue weighted by molar-refractivity contribution is 7.07. The van der Waals surface area contributed by atoms with E-state index >= 15 is 0 Å². The summed E-state index contributed by atoms with van der Waals surface area (Å²) in [7, 11) is -3.15. The highest BCUT2D eigenvalue weighted by Gasteiger charge is 2.42. The first kappa shape index (κ1) is 24.5. The van der Waals surface area contributed by atoms with Gasteiger partial charge in [-0.2, -0.15) is 0 Å². The molecule has 0 aliphatic rings. The third kappa shape index (κ3) is 5.04. The number of halogens is 3. The quantitative estimate of drug-likeness (QED) is 0.127. The Morgan fingerprint density at radius 3 is 1.53 bits per heavy atom. The van der Waals surface area contributed by atoms with Gasteiger partial charge in [0.05, 0.1) is 17.1 Å². The van der Waals surface area contributed by atoms with Gasteiger partial charge in [0.25, 0.3) is 14.0 Å². The molecule has 0 N–H and O–H groups in total. The van der Waals surface area contributed by atoms with Crippen LogP contribution in [0, 0.1) is 17.0 Å². The van der Waals surface area contributed by atoms with Gasteiger partial charge in [0.1, 0.15) is 0 Å². The highest BCUT2D eigenvalue weighted by Crippen LogP contribution is 2.23. The largest absolute Gasteiger partial charge is 0.399 e. The minimum atomic E-state index is -3.15. The van der Waals surface area contributed by atoms with Crippen LogP contribution in [-0.2, 0) is 11.0 Å². The second kappa shape index (κ2) is 10.3. The van der Waals surface area contributed by atoms with Gasteiger partial charge in [-0.05, 0) is 70.5 Å². The Hall–Kier alpha value is -2.67. The van der Waals surface area contributed by atoms with Gasteiger partial charge >= 0.3 is 0 Å². The van der Waals surface area contributed by atoms with Crippen molar-refractivity contribution < 1.29 is 9.35 Å². The van der Waals surface area contributed by atoms with Gasteiger partial charge in [0.15, 0.2) is 0 Å². The van der Waals surface area contributed by atoms with E-state index in [0.717, 1.165) is 21.1 Å². The molecule has 4 aromatic carbocycles. The van der Waals surface area contributed by atoms with Gasteiger partial charge in [-0.1, -0.05) is 77.3 Å². The lowest BCUT2D eigenvalue weighted by Crippen LogP contribution is -2.69. The molecule has 4 aromatic rings. The Balaban J connectivity index is 1.92. The minimum Gasteiger partial charge on any atom is -0.399 e. The Bertz CT molecular complexity index is 1200. The molecule has 0 amide bonds. The summed E-state index contributed by atoms with van der Waals surface area (Å²) in [6, 6.07) is 27.8. The van der Waals surface area contributed by atoms with Crippen LogP contribution in [0.4, 0.5) is 5.69 Å². The molecule has 0 saturated heterocycles. The lowest BCUT2D eigenvalue weighted by atomic mass is 10.1. The van der Waals surface area contributed by atoms with Crippen LogP contribution >= 0.6 is 34.8 Å². The summed E-state index contributed by atoms with van der Waals surface area (Å²) in [5, 5.41) is 16.4. The average molecular weight is 529 g/mol. The van der Waals surface area contributed by atoms with Crippen molar-refractivity contribution in [1.82, 2.24) is 0 Å². The molecule has 4 rings (SSSR count). The van der Waals surface area contributed by atoms with Crippen LogP contribution in [0.5, 0.6) is 0 Å². The number of nitro groups is 1. The van der Waals surface area contributed by atoms with Crippen LogP contribution in [0.2, 0.25) is 15.1 Å². The Kier molecular flexibility index (Phi) is 7.41. The van der Waals surface area contributed by atoms with E-state index in [4.69, 9.17) is 39.2 Å². The van der Waals surface area contributed by atoms with E-state index in [1.54, 1.807) is 12.1 Å². The molecular weight excluding hydrogens is 509 g/mol. The summed E-state index contributed by atoms with van der Waals surface area (Å²) in [4.78, 5) is 11.4. The molecule has 0 atom stereocenters. The third-order valence-corrected chi connectivity index (χ3v) is 10.4. The molecule has 0 fully saturated rings. The Labute approximate surface area is 214 Å². The van der Waals surface area contributed by atoms with Crippen LogP contribution in [0.15, 0.2) is 91.0 Å². The van der Waals surface area contributed by atoms with Crippen molar-refractivity contribution >= 4 is 64.4 Å². The predicted molar refractivity (Wildman–Crippen MR) is 142 cm³/mol. The second-order valence-electron chi connectivity index (χ2n) is 7.88. The number of aryl methyl sites for hydroxylation is 1. The van der Waals surface area contributed by atoms with Crippen molar-refractivity contribution in [3.8, 4) is 0 Å². The van der Waals surface area contributed by atoms with Crippen molar-refractivity contribution in [3.63, 3.8) is 0 Å². The summed E-state index contributed by atoms with van der Waals surface area (Å²) in [5.41, 5.74) is 1.35. The fraction of sp³-hybridized carbons (Fsp3) is 0.0769. The smallest absolute Gasteiger partial charge is 0.288 e. The molecule has 0 aliphatic carbocycles. The summed E-state index contributed by atoms with van der Waals surface area (Å²) < 4.78 is 6.83. The Morgan fingerprint density at radius 1 is 0.735 bits per heavy atom. The zero-order valence-electron chi connectivity index (χ0n) is 18.2. The molecule has 34 heavy (non-hydrogen) atoms. The lowest BCUT2D eigenvalue weighted by molar-refractivity contribution is -0.385. The van der Waals surface area contributed by atoms with Crippen LogP contribution in [0.1, 0.15) is 11.1 Å². The molecule has 0 radical (unpaired) electrons. The average Bonchev–Trinajstić information content (AvgIpc) is 2.83. The van der Waals surface area contributed by atoms with Crippen molar-refractivity contribution in [3.05, 3.63) is 127 Å². The predicted octanol–water partition coefficient (Wildman–Crippen LogP) is 6.05. The monoisotopic (exact) mass is 527 g/mol. The molecule has 0 spiro atoms. The van der Waals surface area contributed by atoms with Crippen LogP contribution in [0.3, 0.4) is 0 Å². The first-order chi connectivity index (χ1) is 16.3. The van der Waals surface area contributed by atoms with Crippen LogP contribution in [0.25, 0.3) is 0 Å². The van der Waals surface area contributed by atoms with Gasteiger partial charge in [-0.15, -0.1) is 0 Å². The molecule has 0 aliphatic heterocycles. The molecule has 0 bridgehead atoms. The highest BCUT2D eigenvalue weighted by atomic mass is 35.5. The van der Waals surface area contributed by atoms with E-state index in [1.807, 2.05) is 85.8 Å². The Morgan fingerprint density at radius 2 is 1.15 bits per heavy atom. The SMILES string of the molecule is Cc1ccc(CO[Si](c2ccc(Cl)cc2)(c2ccc(Cl)cc2)c2ccc(Cl)cc2)c([N+](=O)[O-])c1. The van der Waals surface area contributed by atoms with Gasteiger partial charge < -0.3 is 4.43 Å². The summed E-state index contributed by atoms with van der Waals surface area (Å²) in [6.45, 7) is 1.88. The van der Waals surface area contributed by atoms with Gasteiger partial charge in [-0.3, -0.25) is 10.1 Å². The van der Waals surface area contributed by atoms with Crippen LogP contribution < -0.4 is 15.6 Å². The van der Waals surface area contributed by atoms with E-state index in [9.17, 15) is 10.1 Å². The third-order valence-electron chi connectivity index (χ3n) is 5.63. The standard InChI is InChI=1S/C26H20Cl3NO3Si/c1-18-2-3-19(26(16-18)30(31)32)17-33-34(23-10-4-20(27)5-11-23,24-12-6-21(28)7-13-24)25-14-8-22(29)9-15-25/h2-16H,17H2,1H3. The number of nitrogens with zero attached hydrogens (tertiary/aromatic N) is 1. The topological polar surface area (TPSA) is 52.4 Å². The van der Waals surface area contributed by atoms with Gasteiger partial charge in [-0.25, -0.2) is 0 Å². The minimum absolute atomic E-state index is 0.0335.